The maximum atomic E-state index is 13.3. The number of rotatable bonds is 6. The molecule has 0 saturated carbocycles. The Bertz CT molecular complexity index is 1060. The van der Waals surface area contributed by atoms with Crippen molar-refractivity contribution in [3.05, 3.63) is 71.9 Å². The molecule has 30 heavy (non-hydrogen) atoms. The van der Waals surface area contributed by atoms with Gasteiger partial charge in [-0.15, -0.1) is 5.54 Å². The fourth-order valence-electron chi connectivity index (χ4n) is 5.00. The van der Waals surface area contributed by atoms with Gasteiger partial charge in [-0.3, -0.25) is 4.79 Å². The highest BCUT2D eigenvalue weighted by Gasteiger charge is 2.41. The van der Waals surface area contributed by atoms with Gasteiger partial charge in [0.1, 0.15) is 8.07 Å². The minimum atomic E-state index is -1.93. The molecule has 3 heteroatoms. The van der Waals surface area contributed by atoms with Crippen molar-refractivity contribution in [2.45, 2.75) is 64.7 Å². The van der Waals surface area contributed by atoms with Gasteiger partial charge in [-0.25, -0.2) is 0 Å². The van der Waals surface area contributed by atoms with Crippen LogP contribution in [-0.2, 0) is 6.54 Å². The Morgan fingerprint density at radius 2 is 1.43 bits per heavy atom. The van der Waals surface area contributed by atoms with Gasteiger partial charge in [0.25, 0.3) is 0 Å². The Balaban J connectivity index is 2.04. The Morgan fingerprint density at radius 3 is 2.03 bits per heavy atom. The number of para-hydroxylation sites is 1. The molecule has 0 atom stereocenters. The molecule has 2 aromatic carbocycles. The first-order valence-corrected chi connectivity index (χ1v) is 13.2. The van der Waals surface area contributed by atoms with Crippen molar-refractivity contribution in [1.82, 2.24) is 4.57 Å². The summed E-state index contributed by atoms with van der Waals surface area (Å²) in [4.78, 5) is 13.3. The smallest absolute Gasteiger partial charge is 0.237 e. The van der Waals surface area contributed by atoms with E-state index in [0.29, 0.717) is 22.2 Å². The van der Waals surface area contributed by atoms with Crippen LogP contribution in [0.5, 0.6) is 0 Å². The molecule has 0 aliphatic carbocycles. The second-order valence-electron chi connectivity index (χ2n) is 9.15. The molecule has 0 aliphatic rings. The van der Waals surface area contributed by atoms with Gasteiger partial charge >= 0.3 is 0 Å². The Morgan fingerprint density at radius 1 is 0.867 bits per heavy atom. The number of hydrogen-bond donors (Lipinski definition) is 0. The van der Waals surface area contributed by atoms with Crippen molar-refractivity contribution >= 4 is 24.8 Å². The zero-order valence-corrected chi connectivity index (χ0v) is 20.1. The van der Waals surface area contributed by atoms with Gasteiger partial charge in [0, 0.05) is 23.6 Å². The van der Waals surface area contributed by atoms with Crippen LogP contribution < -0.4 is 0 Å². The van der Waals surface area contributed by atoms with Gasteiger partial charge in [-0.2, -0.15) is 0 Å². The van der Waals surface area contributed by atoms with E-state index in [0.717, 1.165) is 17.4 Å². The van der Waals surface area contributed by atoms with Crippen molar-refractivity contribution in [3.63, 3.8) is 0 Å². The Kier molecular flexibility index (Phi) is 6.68. The molecule has 0 unspecified atom stereocenters. The quantitative estimate of drug-likeness (QED) is 0.239. The number of nitrogens with zero attached hydrogens (tertiary/aromatic N) is 1. The predicted octanol–water partition coefficient (Wildman–Crippen LogP) is 7.09. The number of ketones is 1. The minimum absolute atomic E-state index is 0.0585. The molecule has 0 bridgehead atoms. The normalized spacial score (nSPS) is 11.9. The topological polar surface area (TPSA) is 22.0 Å². The van der Waals surface area contributed by atoms with Gasteiger partial charge in [0.2, 0.25) is 5.78 Å². The Hall–Kier alpha value is -2.57. The highest BCUT2D eigenvalue weighted by Crippen LogP contribution is 2.40. The minimum Gasteiger partial charge on any atom is -0.342 e. The van der Waals surface area contributed by atoms with Gasteiger partial charge in [-0.1, -0.05) is 90.1 Å². The molecule has 3 aromatic rings. The molecule has 3 rings (SSSR count). The molecule has 0 radical (unpaired) electrons. The summed E-state index contributed by atoms with van der Waals surface area (Å²) in [5.74, 6) is 3.05. The zero-order chi connectivity index (χ0) is 21.9. The first-order chi connectivity index (χ1) is 14.3. The van der Waals surface area contributed by atoms with Crippen molar-refractivity contribution in [2.75, 3.05) is 0 Å². The Labute approximate surface area is 182 Å². The lowest BCUT2D eigenvalue weighted by molar-refractivity contribution is 0.105. The van der Waals surface area contributed by atoms with Crippen molar-refractivity contribution in [3.8, 4) is 11.5 Å². The predicted molar refractivity (Wildman–Crippen MR) is 131 cm³/mol. The number of carbonyl (C=O) groups is 1. The number of carbonyl (C=O) groups excluding carboxylic acids is 1. The van der Waals surface area contributed by atoms with Crippen LogP contribution in [-0.4, -0.2) is 18.4 Å². The van der Waals surface area contributed by atoms with Crippen LogP contribution in [0.1, 0.15) is 57.5 Å². The van der Waals surface area contributed by atoms with Gasteiger partial charge in [0.15, 0.2) is 0 Å². The van der Waals surface area contributed by atoms with E-state index in [1.54, 1.807) is 0 Å². The van der Waals surface area contributed by atoms with E-state index < -0.39 is 8.07 Å². The van der Waals surface area contributed by atoms with E-state index >= 15 is 0 Å². The molecular weight excluding hydrogens is 382 g/mol. The van der Waals surface area contributed by atoms with Crippen molar-refractivity contribution in [2.24, 2.45) is 0 Å². The lowest BCUT2D eigenvalue weighted by Crippen LogP contribution is -2.43. The van der Waals surface area contributed by atoms with Crippen LogP contribution in [0.2, 0.25) is 16.6 Å². The molecule has 2 nitrogen and oxygen atoms in total. The molecule has 0 spiro atoms. The lowest BCUT2D eigenvalue weighted by atomic mass is 10.1. The first-order valence-electron chi connectivity index (χ1n) is 11.0. The summed E-state index contributed by atoms with van der Waals surface area (Å²) in [5, 5.41) is 0.985. The van der Waals surface area contributed by atoms with Crippen LogP contribution in [0, 0.1) is 11.5 Å². The third-order valence-electron chi connectivity index (χ3n) is 6.49. The molecule has 156 valence electrons. The molecular formula is C27H33NOSi. The number of fused-ring (bicyclic) bond motifs is 1. The van der Waals surface area contributed by atoms with E-state index in [9.17, 15) is 4.79 Å². The summed E-state index contributed by atoms with van der Waals surface area (Å²) in [6.07, 6.45) is 1.98. The molecule has 0 fully saturated rings. The van der Waals surface area contributed by atoms with Crippen LogP contribution in [0.15, 0.2) is 60.8 Å². The number of benzene rings is 2. The maximum absolute atomic E-state index is 13.3. The van der Waals surface area contributed by atoms with Crippen LogP contribution in [0.3, 0.4) is 0 Å². The standard InChI is InChI=1S/C27H33NOSi/c1-20(2)30(21(3)4,22(5)6)17-16-27(29)25-19-28(18-23-12-8-7-9-13-23)26-15-11-10-14-24(25)26/h7-15,19-22H,18H2,1-6H3. The average Bonchev–Trinajstić information content (AvgIpc) is 3.07. The summed E-state index contributed by atoms with van der Waals surface area (Å²) in [7, 11) is -1.93. The highest BCUT2D eigenvalue weighted by atomic mass is 28.3. The average molecular weight is 416 g/mol. The molecule has 0 amide bonds. The van der Waals surface area contributed by atoms with E-state index in [4.69, 9.17) is 0 Å². The maximum Gasteiger partial charge on any atom is 0.237 e. The highest BCUT2D eigenvalue weighted by molar-refractivity contribution is 6.90. The SMILES string of the molecule is CC(C)[Si](C#CC(=O)c1cn(Cc2ccccc2)c2ccccc12)(C(C)C)C(C)C. The summed E-state index contributed by atoms with van der Waals surface area (Å²) in [6, 6.07) is 18.5. The monoisotopic (exact) mass is 415 g/mol. The summed E-state index contributed by atoms with van der Waals surface area (Å²) in [5.41, 5.74) is 8.13. The number of Topliss-reactive ketones (excluding diaryl/α,β-unsaturated/α-hetero) is 1. The van der Waals surface area contributed by atoms with E-state index in [1.807, 2.05) is 42.6 Å². The first kappa shape index (κ1) is 22.1. The summed E-state index contributed by atoms with van der Waals surface area (Å²) >= 11 is 0. The van der Waals surface area contributed by atoms with E-state index in [2.05, 4.69) is 75.8 Å². The van der Waals surface area contributed by atoms with E-state index in [1.165, 1.54) is 5.56 Å². The summed E-state index contributed by atoms with van der Waals surface area (Å²) in [6.45, 7) is 14.4. The van der Waals surface area contributed by atoms with Crippen LogP contribution >= 0.6 is 0 Å². The van der Waals surface area contributed by atoms with Crippen LogP contribution in [0.25, 0.3) is 10.9 Å². The van der Waals surface area contributed by atoms with Gasteiger partial charge < -0.3 is 4.57 Å². The van der Waals surface area contributed by atoms with Crippen LogP contribution in [0.4, 0.5) is 0 Å². The van der Waals surface area contributed by atoms with Crippen molar-refractivity contribution in [1.29, 1.82) is 0 Å². The van der Waals surface area contributed by atoms with E-state index in [-0.39, 0.29) is 5.78 Å². The molecule has 1 aromatic heterocycles. The molecule has 0 N–H and O–H groups in total. The molecule has 1 heterocycles. The number of aromatic nitrogens is 1. The third kappa shape index (κ3) is 4.15. The lowest BCUT2D eigenvalue weighted by Gasteiger charge is -2.37. The third-order valence-corrected chi connectivity index (χ3v) is 12.8. The van der Waals surface area contributed by atoms with Crippen molar-refractivity contribution < 1.29 is 4.79 Å². The van der Waals surface area contributed by atoms with Gasteiger partial charge in [-0.05, 0) is 34.2 Å². The summed E-state index contributed by atoms with van der Waals surface area (Å²) < 4.78 is 2.16. The molecule has 0 aliphatic heterocycles. The molecule has 0 saturated heterocycles. The fourth-order valence-corrected chi connectivity index (χ4v) is 10.2. The zero-order valence-electron chi connectivity index (χ0n) is 19.1. The van der Waals surface area contributed by atoms with Gasteiger partial charge in [0.05, 0.1) is 5.56 Å². The second kappa shape index (κ2) is 9.06. The second-order valence-corrected chi connectivity index (χ2v) is 14.7. The largest absolute Gasteiger partial charge is 0.342 e. The number of hydrogen-bond acceptors (Lipinski definition) is 1. The fraction of sp³-hybridized carbons (Fsp3) is 0.370.